The maximum atomic E-state index is 13.0. The van der Waals surface area contributed by atoms with Crippen molar-refractivity contribution in [1.29, 1.82) is 0 Å². The van der Waals surface area contributed by atoms with Gasteiger partial charge < -0.3 is 9.57 Å². The summed E-state index contributed by atoms with van der Waals surface area (Å²) in [5, 5.41) is 4.49. The van der Waals surface area contributed by atoms with Crippen molar-refractivity contribution >= 4 is 29.7 Å². The van der Waals surface area contributed by atoms with Crippen LogP contribution in [0.3, 0.4) is 0 Å². The number of ether oxygens (including phenoxy) is 1. The predicted octanol–water partition coefficient (Wildman–Crippen LogP) is 5.34. The summed E-state index contributed by atoms with van der Waals surface area (Å²) in [6.07, 6.45) is -1.55. The molecule has 7 nitrogen and oxygen atoms in total. The molecule has 0 fully saturated rings. The molecule has 0 saturated heterocycles. The summed E-state index contributed by atoms with van der Waals surface area (Å²) in [7, 11) is 0. The van der Waals surface area contributed by atoms with E-state index in [0.29, 0.717) is 0 Å². The Balaban J connectivity index is 2.49. The first kappa shape index (κ1) is 22.4. The summed E-state index contributed by atoms with van der Waals surface area (Å²) in [6.45, 7) is 14.1. The summed E-state index contributed by atoms with van der Waals surface area (Å²) in [4.78, 5) is 33.6. The highest BCUT2D eigenvalue weighted by molar-refractivity contribution is 5.85. The van der Waals surface area contributed by atoms with Crippen LogP contribution in [0.15, 0.2) is 47.5 Å². The number of carbonyl (C=O) groups excluding carboxylic acids is 2. The molecule has 0 aliphatic carbocycles. The molecule has 156 valence electrons. The van der Waals surface area contributed by atoms with Crippen LogP contribution in [-0.4, -0.2) is 40.2 Å². The van der Waals surface area contributed by atoms with Crippen LogP contribution in [0.5, 0.6) is 0 Å². The second-order valence-electron chi connectivity index (χ2n) is 8.63. The van der Waals surface area contributed by atoms with Crippen LogP contribution >= 0.6 is 0 Å². The van der Waals surface area contributed by atoms with Gasteiger partial charge in [0.25, 0.3) is 0 Å². The van der Waals surface area contributed by atoms with Crippen molar-refractivity contribution in [2.75, 3.05) is 0 Å². The fourth-order valence-electron chi connectivity index (χ4n) is 2.84. The van der Waals surface area contributed by atoms with Gasteiger partial charge in [0.2, 0.25) is 0 Å². The average molecular weight is 399 g/mol. The van der Waals surface area contributed by atoms with Crippen molar-refractivity contribution in [1.82, 2.24) is 10.2 Å². The largest absolute Gasteiger partial charge is 0.453 e. The van der Waals surface area contributed by atoms with Crippen LogP contribution in [0, 0.1) is 0 Å². The first-order chi connectivity index (χ1) is 13.4. The van der Waals surface area contributed by atoms with E-state index in [9.17, 15) is 9.59 Å². The standard InChI is InChI=1S/C22H29N3O4/c1-21(2,3)25(20(27)28-22(4,5)6)24(29-19(26)23-7)15-17-13-10-12-16-11-8-9-14-18(16)17/h8-14H,7,15H2,1-6H3. The molecule has 29 heavy (non-hydrogen) atoms. The zero-order valence-corrected chi connectivity index (χ0v) is 17.9. The summed E-state index contributed by atoms with van der Waals surface area (Å²) in [5.74, 6) is 0. The third-order valence-corrected chi connectivity index (χ3v) is 3.92. The fourth-order valence-corrected chi connectivity index (χ4v) is 2.84. The highest BCUT2D eigenvalue weighted by Crippen LogP contribution is 2.26. The van der Waals surface area contributed by atoms with Crippen molar-refractivity contribution in [2.45, 2.75) is 59.2 Å². The molecule has 0 heterocycles. The number of benzene rings is 2. The fraction of sp³-hybridized carbons (Fsp3) is 0.409. The van der Waals surface area contributed by atoms with E-state index in [1.165, 1.54) is 10.2 Å². The van der Waals surface area contributed by atoms with E-state index < -0.39 is 23.3 Å². The zero-order valence-electron chi connectivity index (χ0n) is 17.9. The molecule has 0 atom stereocenters. The van der Waals surface area contributed by atoms with Gasteiger partial charge in [-0.1, -0.05) is 42.5 Å². The molecule has 2 aromatic rings. The number of aliphatic imine (C=N–C) groups is 1. The molecular weight excluding hydrogens is 370 g/mol. The molecule has 0 saturated carbocycles. The van der Waals surface area contributed by atoms with Gasteiger partial charge in [-0.25, -0.2) is 14.6 Å². The van der Waals surface area contributed by atoms with Crippen LogP contribution < -0.4 is 0 Å². The SMILES string of the molecule is C=NC(=O)ON(Cc1cccc2ccccc12)N(C(=O)OC(C)(C)C)C(C)(C)C. The Bertz CT molecular complexity index is 892. The number of hydrogen-bond acceptors (Lipinski definition) is 5. The van der Waals surface area contributed by atoms with Crippen LogP contribution in [-0.2, 0) is 16.1 Å². The summed E-state index contributed by atoms with van der Waals surface area (Å²) in [5.41, 5.74) is -0.585. The molecule has 2 rings (SSSR count). The number of hydrazine groups is 1. The molecule has 0 aliphatic heterocycles. The zero-order chi connectivity index (χ0) is 21.8. The van der Waals surface area contributed by atoms with Gasteiger partial charge in [0.15, 0.2) is 0 Å². The lowest BCUT2D eigenvalue weighted by molar-refractivity contribution is -0.259. The van der Waals surface area contributed by atoms with Gasteiger partial charge in [-0.2, -0.15) is 4.99 Å². The Hall–Kier alpha value is -2.93. The van der Waals surface area contributed by atoms with E-state index in [-0.39, 0.29) is 6.54 Å². The van der Waals surface area contributed by atoms with Gasteiger partial charge in [-0.15, -0.1) is 0 Å². The molecule has 0 spiro atoms. The van der Waals surface area contributed by atoms with Gasteiger partial charge in [-0.05, 0) is 69.8 Å². The summed E-state index contributed by atoms with van der Waals surface area (Å²) in [6, 6.07) is 13.7. The molecule has 0 aliphatic rings. The number of fused-ring (bicyclic) bond motifs is 1. The van der Waals surface area contributed by atoms with Crippen LogP contribution in [0.2, 0.25) is 0 Å². The van der Waals surface area contributed by atoms with E-state index in [4.69, 9.17) is 9.57 Å². The molecule has 0 unspecified atom stereocenters. The second kappa shape index (κ2) is 8.61. The molecule has 0 radical (unpaired) electrons. The Morgan fingerprint density at radius 2 is 1.62 bits per heavy atom. The minimum absolute atomic E-state index is 0.124. The third kappa shape index (κ3) is 6.02. The molecular formula is C22H29N3O4. The third-order valence-electron chi connectivity index (χ3n) is 3.92. The minimum Gasteiger partial charge on any atom is -0.443 e. The Labute approximate surface area is 171 Å². The van der Waals surface area contributed by atoms with Crippen molar-refractivity contribution < 1.29 is 19.2 Å². The molecule has 2 amide bonds. The number of carbonyl (C=O) groups is 2. The number of rotatable bonds is 4. The van der Waals surface area contributed by atoms with Gasteiger partial charge in [0, 0.05) is 0 Å². The number of hydrogen-bond donors (Lipinski definition) is 0. The van der Waals surface area contributed by atoms with Crippen molar-refractivity contribution in [3.63, 3.8) is 0 Å². The lowest BCUT2D eigenvalue weighted by atomic mass is 10.0. The van der Waals surface area contributed by atoms with Gasteiger partial charge >= 0.3 is 12.2 Å². The Morgan fingerprint density at radius 1 is 1.00 bits per heavy atom. The highest BCUT2D eigenvalue weighted by atomic mass is 16.8. The Morgan fingerprint density at radius 3 is 2.21 bits per heavy atom. The van der Waals surface area contributed by atoms with Gasteiger partial charge in [-0.3, -0.25) is 0 Å². The van der Waals surface area contributed by atoms with Crippen LogP contribution in [0.1, 0.15) is 47.1 Å². The molecule has 7 heteroatoms. The Kier molecular flexibility index (Phi) is 6.64. The smallest absolute Gasteiger partial charge is 0.443 e. The first-order valence-corrected chi connectivity index (χ1v) is 9.38. The quantitative estimate of drug-likeness (QED) is 0.512. The van der Waals surface area contributed by atoms with Crippen LogP contribution in [0.25, 0.3) is 10.8 Å². The molecule has 0 N–H and O–H groups in total. The molecule has 2 aromatic carbocycles. The summed E-state index contributed by atoms with van der Waals surface area (Å²) >= 11 is 0. The topological polar surface area (TPSA) is 71.4 Å². The maximum absolute atomic E-state index is 13.0. The number of nitrogens with zero attached hydrogens (tertiary/aromatic N) is 3. The van der Waals surface area contributed by atoms with Crippen molar-refractivity contribution in [3.05, 3.63) is 48.0 Å². The molecule has 0 bridgehead atoms. The second-order valence-corrected chi connectivity index (χ2v) is 8.63. The maximum Gasteiger partial charge on any atom is 0.453 e. The van der Waals surface area contributed by atoms with E-state index >= 15 is 0 Å². The summed E-state index contributed by atoms with van der Waals surface area (Å²) < 4.78 is 5.56. The van der Waals surface area contributed by atoms with E-state index in [2.05, 4.69) is 11.7 Å². The van der Waals surface area contributed by atoms with E-state index in [1.54, 1.807) is 20.8 Å². The normalized spacial score (nSPS) is 12.0. The molecule has 0 aromatic heterocycles. The number of hydroxylamine groups is 1. The van der Waals surface area contributed by atoms with Crippen LogP contribution in [0.4, 0.5) is 9.59 Å². The van der Waals surface area contributed by atoms with E-state index in [1.807, 2.05) is 63.2 Å². The average Bonchev–Trinajstić information content (AvgIpc) is 2.59. The predicted molar refractivity (Wildman–Crippen MR) is 113 cm³/mol. The first-order valence-electron chi connectivity index (χ1n) is 9.38. The van der Waals surface area contributed by atoms with Gasteiger partial charge in [0.05, 0.1) is 12.1 Å². The van der Waals surface area contributed by atoms with Crippen molar-refractivity contribution in [3.8, 4) is 0 Å². The van der Waals surface area contributed by atoms with Crippen molar-refractivity contribution in [2.24, 2.45) is 4.99 Å². The van der Waals surface area contributed by atoms with Gasteiger partial charge in [0.1, 0.15) is 5.60 Å². The highest BCUT2D eigenvalue weighted by Gasteiger charge is 2.38. The monoisotopic (exact) mass is 399 g/mol. The number of amides is 2. The van der Waals surface area contributed by atoms with E-state index in [0.717, 1.165) is 16.3 Å². The lowest BCUT2D eigenvalue weighted by Crippen LogP contribution is -2.57. The lowest BCUT2D eigenvalue weighted by Gasteiger charge is -2.41. The minimum atomic E-state index is -0.914.